The number of pyridine rings is 1. The van der Waals surface area contributed by atoms with E-state index in [0.29, 0.717) is 11.1 Å². The predicted molar refractivity (Wildman–Crippen MR) is 88.4 cm³/mol. The molecule has 0 atom stereocenters. The van der Waals surface area contributed by atoms with Gasteiger partial charge < -0.3 is 9.47 Å². The van der Waals surface area contributed by atoms with Crippen LogP contribution in [0.25, 0.3) is 22.5 Å². The first-order chi connectivity index (χ1) is 13.5. The number of ether oxygens (including phenoxy) is 2. The van der Waals surface area contributed by atoms with Crippen molar-refractivity contribution in [1.29, 1.82) is 0 Å². The largest absolute Gasteiger partial charge is 0.573 e. The Kier molecular flexibility index (Phi) is 5.36. The molecule has 10 heteroatoms. The van der Waals surface area contributed by atoms with Crippen LogP contribution in [-0.4, -0.2) is 17.7 Å². The summed E-state index contributed by atoms with van der Waals surface area (Å²) in [4.78, 5) is 4.22. The van der Waals surface area contributed by atoms with Crippen LogP contribution < -0.4 is 9.47 Å². The van der Waals surface area contributed by atoms with Crippen molar-refractivity contribution in [2.75, 3.05) is 0 Å². The summed E-state index contributed by atoms with van der Waals surface area (Å²) in [6.45, 7) is 0. The van der Waals surface area contributed by atoms with E-state index in [1.807, 2.05) is 0 Å². The van der Waals surface area contributed by atoms with Gasteiger partial charge in [-0.2, -0.15) is 0 Å². The maximum Gasteiger partial charge on any atom is 0.573 e. The molecule has 0 amide bonds. The van der Waals surface area contributed by atoms with Crippen molar-refractivity contribution in [2.45, 2.75) is 12.7 Å². The molecule has 0 unspecified atom stereocenters. The number of halogens is 7. The minimum absolute atomic E-state index is 0.120. The fourth-order valence-electron chi connectivity index (χ4n) is 2.45. The van der Waals surface area contributed by atoms with Gasteiger partial charge in [-0.05, 0) is 48.5 Å². The first-order valence-corrected chi connectivity index (χ1v) is 7.88. The van der Waals surface area contributed by atoms with Crippen LogP contribution in [0.5, 0.6) is 11.5 Å². The molecule has 3 rings (SSSR count). The molecule has 0 spiro atoms. The van der Waals surface area contributed by atoms with Gasteiger partial charge in [-0.25, -0.2) is 9.37 Å². The van der Waals surface area contributed by atoms with Crippen LogP contribution in [0.15, 0.2) is 60.7 Å². The third-order valence-electron chi connectivity index (χ3n) is 3.56. The second kappa shape index (κ2) is 7.61. The fraction of sp³-hybridized carbons (Fsp3) is 0.105. The summed E-state index contributed by atoms with van der Waals surface area (Å²) in [5.74, 6) is -1.58. The Morgan fingerprint density at radius 3 is 1.24 bits per heavy atom. The van der Waals surface area contributed by atoms with E-state index < -0.39 is 30.0 Å². The number of benzene rings is 2. The topological polar surface area (TPSA) is 31.4 Å². The maximum atomic E-state index is 14.0. The van der Waals surface area contributed by atoms with Gasteiger partial charge >= 0.3 is 12.7 Å². The van der Waals surface area contributed by atoms with Crippen LogP contribution in [0.3, 0.4) is 0 Å². The third kappa shape index (κ3) is 5.84. The van der Waals surface area contributed by atoms with Gasteiger partial charge in [-0.1, -0.05) is 0 Å². The van der Waals surface area contributed by atoms with E-state index in [0.717, 1.165) is 36.4 Å². The zero-order chi connectivity index (χ0) is 21.2. The molecule has 1 aromatic heterocycles. The van der Waals surface area contributed by atoms with E-state index in [1.165, 1.54) is 24.3 Å². The Bertz CT molecular complexity index is 904. The molecule has 0 saturated carbocycles. The average Bonchev–Trinajstić information content (AvgIpc) is 2.60. The number of nitrogens with zero attached hydrogens (tertiary/aromatic N) is 1. The SMILES string of the molecule is Fc1cc(-c2ccc(OC(F)(F)F)cc2)nc(-c2ccc(OC(F)(F)F)cc2)c1. The Morgan fingerprint density at radius 1 is 0.586 bits per heavy atom. The van der Waals surface area contributed by atoms with E-state index in [-0.39, 0.29) is 11.4 Å². The monoisotopic (exact) mass is 417 g/mol. The zero-order valence-corrected chi connectivity index (χ0v) is 14.2. The number of rotatable bonds is 4. The summed E-state index contributed by atoms with van der Waals surface area (Å²) in [5.41, 5.74) is 0.873. The summed E-state index contributed by atoms with van der Waals surface area (Å²) in [7, 11) is 0. The van der Waals surface area contributed by atoms with Gasteiger partial charge in [-0.15, -0.1) is 26.3 Å². The molecule has 0 N–H and O–H groups in total. The van der Waals surface area contributed by atoms with Crippen molar-refractivity contribution in [3.8, 4) is 34.0 Å². The summed E-state index contributed by atoms with van der Waals surface area (Å²) in [5, 5.41) is 0. The average molecular weight is 417 g/mol. The Morgan fingerprint density at radius 2 is 0.931 bits per heavy atom. The number of aromatic nitrogens is 1. The van der Waals surface area contributed by atoms with E-state index in [4.69, 9.17) is 0 Å². The highest BCUT2D eigenvalue weighted by Gasteiger charge is 2.31. The van der Waals surface area contributed by atoms with Gasteiger partial charge in [0.05, 0.1) is 11.4 Å². The third-order valence-corrected chi connectivity index (χ3v) is 3.56. The summed E-state index contributed by atoms with van der Waals surface area (Å²) in [6.07, 6.45) is -9.68. The lowest BCUT2D eigenvalue weighted by molar-refractivity contribution is -0.275. The predicted octanol–water partition coefficient (Wildman–Crippen LogP) is 6.35. The van der Waals surface area contributed by atoms with Crippen molar-refractivity contribution in [2.24, 2.45) is 0 Å². The molecular formula is C19H10F7NO2. The number of hydrogen-bond acceptors (Lipinski definition) is 3. The van der Waals surface area contributed by atoms with Gasteiger partial charge in [0, 0.05) is 23.3 Å². The van der Waals surface area contributed by atoms with Gasteiger partial charge in [0.15, 0.2) is 0 Å². The molecule has 3 aromatic rings. The van der Waals surface area contributed by atoms with Crippen molar-refractivity contribution < 1.29 is 40.2 Å². The molecule has 0 fully saturated rings. The molecule has 1 heterocycles. The molecular weight excluding hydrogens is 407 g/mol. The maximum absolute atomic E-state index is 14.0. The highest BCUT2D eigenvalue weighted by molar-refractivity contribution is 5.67. The molecule has 0 aliphatic heterocycles. The van der Waals surface area contributed by atoms with E-state index in [1.54, 1.807) is 0 Å². The number of hydrogen-bond donors (Lipinski definition) is 0. The van der Waals surface area contributed by atoms with Crippen LogP contribution in [0.4, 0.5) is 30.7 Å². The number of alkyl halides is 6. The van der Waals surface area contributed by atoms with Crippen LogP contribution >= 0.6 is 0 Å². The highest BCUT2D eigenvalue weighted by Crippen LogP contribution is 2.29. The lowest BCUT2D eigenvalue weighted by Gasteiger charge is -2.11. The molecule has 2 aromatic carbocycles. The van der Waals surface area contributed by atoms with E-state index in [2.05, 4.69) is 14.5 Å². The highest BCUT2D eigenvalue weighted by atomic mass is 19.4. The standard InChI is InChI=1S/C19H10F7NO2/c20-13-9-16(11-1-5-14(6-2-11)28-18(21,22)23)27-17(10-13)12-3-7-15(8-4-12)29-19(24,25)26/h1-10H. The molecule has 0 bridgehead atoms. The summed E-state index contributed by atoms with van der Waals surface area (Å²) in [6, 6.07) is 11.4. The molecule has 0 radical (unpaired) electrons. The van der Waals surface area contributed by atoms with Crippen molar-refractivity contribution in [1.82, 2.24) is 4.98 Å². The van der Waals surface area contributed by atoms with Crippen LogP contribution in [0.2, 0.25) is 0 Å². The van der Waals surface area contributed by atoms with Crippen molar-refractivity contribution >= 4 is 0 Å². The molecule has 152 valence electrons. The van der Waals surface area contributed by atoms with Crippen LogP contribution in [-0.2, 0) is 0 Å². The Hall–Kier alpha value is -3.30. The molecule has 3 nitrogen and oxygen atoms in total. The second-order valence-electron chi connectivity index (χ2n) is 5.70. The molecule has 0 aliphatic rings. The first kappa shape index (κ1) is 20.4. The van der Waals surface area contributed by atoms with Crippen molar-refractivity contribution in [3.05, 3.63) is 66.5 Å². The van der Waals surface area contributed by atoms with Crippen LogP contribution in [0, 0.1) is 5.82 Å². The summed E-state index contributed by atoms with van der Waals surface area (Å²) < 4.78 is 94.9. The second-order valence-corrected chi connectivity index (χ2v) is 5.70. The smallest absolute Gasteiger partial charge is 0.406 e. The lowest BCUT2D eigenvalue weighted by atomic mass is 10.1. The normalized spacial score (nSPS) is 12.0. The van der Waals surface area contributed by atoms with Gasteiger partial charge in [0.25, 0.3) is 0 Å². The Labute approximate surface area is 159 Å². The molecule has 0 saturated heterocycles. The zero-order valence-electron chi connectivity index (χ0n) is 14.2. The quantitative estimate of drug-likeness (QED) is 0.464. The first-order valence-electron chi connectivity index (χ1n) is 7.88. The van der Waals surface area contributed by atoms with Crippen molar-refractivity contribution in [3.63, 3.8) is 0 Å². The molecule has 0 aliphatic carbocycles. The van der Waals surface area contributed by atoms with Gasteiger partial charge in [0.1, 0.15) is 17.3 Å². The molecule has 29 heavy (non-hydrogen) atoms. The van der Waals surface area contributed by atoms with Gasteiger partial charge in [0.2, 0.25) is 0 Å². The van der Waals surface area contributed by atoms with Gasteiger partial charge in [-0.3, -0.25) is 0 Å². The van der Waals surface area contributed by atoms with E-state index in [9.17, 15) is 30.7 Å². The minimum Gasteiger partial charge on any atom is -0.406 e. The Balaban J connectivity index is 1.86. The lowest BCUT2D eigenvalue weighted by Crippen LogP contribution is -2.16. The fourth-order valence-corrected chi connectivity index (χ4v) is 2.45. The van der Waals surface area contributed by atoms with E-state index >= 15 is 0 Å². The minimum atomic E-state index is -4.84. The van der Waals surface area contributed by atoms with Crippen LogP contribution in [0.1, 0.15) is 0 Å². The summed E-state index contributed by atoms with van der Waals surface area (Å²) >= 11 is 0.